The quantitative estimate of drug-likeness (QED) is 0.608. The molecule has 1 heterocycles. The third kappa shape index (κ3) is 3.23. The first-order valence-corrected chi connectivity index (χ1v) is 7.59. The molecular weight excluding hydrogens is 323 g/mol. The largest absolute Gasteiger partial charge is 0.462 e. The Bertz CT molecular complexity index is 699. The third-order valence-corrected chi connectivity index (χ3v) is 3.75. The molecule has 0 saturated carbocycles. The molecule has 0 saturated heterocycles. The summed E-state index contributed by atoms with van der Waals surface area (Å²) in [6.07, 6.45) is 0. The molecule has 22 heavy (non-hydrogen) atoms. The van der Waals surface area contributed by atoms with Crippen molar-refractivity contribution >= 4 is 29.2 Å². The average molecular weight is 339 g/mol. The Kier molecular flexibility index (Phi) is 5.04. The van der Waals surface area contributed by atoms with Gasteiger partial charge in [-0.1, -0.05) is 40.9 Å². The lowest BCUT2D eigenvalue weighted by molar-refractivity contribution is 0.0526. The van der Waals surface area contributed by atoms with Gasteiger partial charge in [0.05, 0.1) is 6.61 Å². The number of carbonyl (C=O) groups excluding carboxylic acids is 1. The van der Waals surface area contributed by atoms with Gasteiger partial charge < -0.3 is 4.74 Å². The minimum Gasteiger partial charge on any atom is -0.462 e. The van der Waals surface area contributed by atoms with Crippen LogP contribution in [0, 0.1) is 20.8 Å². The van der Waals surface area contributed by atoms with Crippen molar-refractivity contribution in [3.8, 4) is 11.4 Å². The number of benzene rings is 1. The fourth-order valence-electron chi connectivity index (χ4n) is 2.42. The lowest BCUT2D eigenvalue weighted by Crippen LogP contribution is -2.09. The van der Waals surface area contributed by atoms with Crippen molar-refractivity contribution in [1.82, 2.24) is 9.97 Å². The third-order valence-electron chi connectivity index (χ3n) is 3.20. The number of nitrogens with zero attached hydrogens (tertiary/aromatic N) is 2. The molecule has 2 rings (SSSR count). The highest BCUT2D eigenvalue weighted by molar-refractivity contribution is 6.38. The van der Waals surface area contributed by atoms with Gasteiger partial charge in [-0.15, -0.1) is 0 Å². The van der Waals surface area contributed by atoms with Gasteiger partial charge in [-0.25, -0.2) is 14.8 Å². The number of hydrogen-bond acceptors (Lipinski definition) is 4. The van der Waals surface area contributed by atoms with Crippen LogP contribution >= 0.6 is 23.2 Å². The summed E-state index contributed by atoms with van der Waals surface area (Å²) in [6.45, 7) is 7.89. The smallest absolute Gasteiger partial charge is 0.344 e. The average Bonchev–Trinajstić information content (AvgIpc) is 2.36. The summed E-state index contributed by atoms with van der Waals surface area (Å²) in [4.78, 5) is 20.3. The summed E-state index contributed by atoms with van der Waals surface area (Å²) in [7, 11) is 0. The molecule has 2 aromatic rings. The predicted molar refractivity (Wildman–Crippen MR) is 87.7 cm³/mol. The van der Waals surface area contributed by atoms with Crippen molar-refractivity contribution in [2.45, 2.75) is 27.7 Å². The number of esters is 1. The maximum Gasteiger partial charge on any atom is 0.344 e. The molecule has 0 aliphatic carbocycles. The van der Waals surface area contributed by atoms with Crippen molar-refractivity contribution < 1.29 is 9.53 Å². The molecule has 116 valence electrons. The lowest BCUT2D eigenvalue weighted by atomic mass is 9.99. The summed E-state index contributed by atoms with van der Waals surface area (Å²) in [5, 5.41) is -0.0133. The van der Waals surface area contributed by atoms with Gasteiger partial charge in [0.25, 0.3) is 0 Å². The van der Waals surface area contributed by atoms with E-state index in [2.05, 4.69) is 9.97 Å². The molecule has 0 N–H and O–H groups in total. The van der Waals surface area contributed by atoms with Crippen molar-refractivity contribution in [2.24, 2.45) is 0 Å². The fraction of sp³-hybridized carbons (Fsp3) is 0.312. The second-order valence-electron chi connectivity index (χ2n) is 5.00. The SMILES string of the molecule is CCOC(=O)c1c(Cl)nc(-c2c(C)cc(C)cc2C)nc1Cl. The summed E-state index contributed by atoms with van der Waals surface area (Å²) < 4.78 is 4.91. The van der Waals surface area contributed by atoms with Gasteiger partial charge in [-0.3, -0.25) is 0 Å². The first kappa shape index (κ1) is 16.7. The number of halogens is 2. The van der Waals surface area contributed by atoms with Gasteiger partial charge in [0.1, 0.15) is 15.9 Å². The molecule has 0 spiro atoms. The highest BCUT2D eigenvalue weighted by Gasteiger charge is 2.21. The zero-order valence-corrected chi connectivity index (χ0v) is 14.3. The number of carbonyl (C=O) groups is 1. The topological polar surface area (TPSA) is 52.1 Å². The molecule has 0 amide bonds. The van der Waals surface area contributed by atoms with Crippen LogP contribution in [0.1, 0.15) is 34.0 Å². The van der Waals surface area contributed by atoms with E-state index < -0.39 is 5.97 Å². The number of ether oxygens (including phenoxy) is 1. The standard InChI is InChI=1S/C16H16Cl2N2O2/c1-5-22-16(21)12-13(17)19-15(20-14(12)18)11-9(3)6-8(2)7-10(11)4/h6-7H,5H2,1-4H3. The molecule has 0 radical (unpaired) electrons. The van der Waals surface area contributed by atoms with Crippen LogP contribution in [0.4, 0.5) is 0 Å². The summed E-state index contributed by atoms with van der Waals surface area (Å²) in [6, 6.07) is 4.07. The van der Waals surface area contributed by atoms with E-state index in [1.807, 2.05) is 32.9 Å². The molecular formula is C16H16Cl2N2O2. The van der Waals surface area contributed by atoms with Crippen LogP contribution in [-0.4, -0.2) is 22.5 Å². The van der Waals surface area contributed by atoms with Crippen molar-refractivity contribution in [2.75, 3.05) is 6.61 Å². The second-order valence-corrected chi connectivity index (χ2v) is 5.71. The Hall–Kier alpha value is -1.65. The van der Waals surface area contributed by atoms with Crippen LogP contribution in [0.3, 0.4) is 0 Å². The molecule has 0 unspecified atom stereocenters. The highest BCUT2D eigenvalue weighted by atomic mass is 35.5. The van der Waals surface area contributed by atoms with Crippen molar-refractivity contribution in [3.63, 3.8) is 0 Å². The first-order chi connectivity index (χ1) is 10.3. The van der Waals surface area contributed by atoms with Crippen LogP contribution < -0.4 is 0 Å². The summed E-state index contributed by atoms with van der Waals surface area (Å²) in [5.41, 5.74) is 4.06. The molecule has 4 nitrogen and oxygen atoms in total. The number of aromatic nitrogens is 2. The van der Waals surface area contributed by atoms with Crippen LogP contribution in [0.5, 0.6) is 0 Å². The van der Waals surface area contributed by atoms with E-state index in [0.29, 0.717) is 5.82 Å². The summed E-state index contributed by atoms with van der Waals surface area (Å²) in [5.74, 6) is -0.223. The Morgan fingerprint density at radius 1 is 1.09 bits per heavy atom. The normalized spacial score (nSPS) is 10.6. The zero-order chi connectivity index (χ0) is 16.4. The fourth-order valence-corrected chi connectivity index (χ4v) is 2.97. The minimum absolute atomic E-state index is 0.00338. The van der Waals surface area contributed by atoms with E-state index in [1.54, 1.807) is 6.92 Å². The van der Waals surface area contributed by atoms with E-state index >= 15 is 0 Å². The zero-order valence-electron chi connectivity index (χ0n) is 12.8. The molecule has 1 aromatic heterocycles. The Morgan fingerprint density at radius 3 is 2.05 bits per heavy atom. The minimum atomic E-state index is -0.624. The molecule has 1 aromatic carbocycles. The molecule has 0 aliphatic heterocycles. The Balaban J connectivity index is 2.59. The number of aryl methyl sites for hydroxylation is 3. The Morgan fingerprint density at radius 2 is 1.59 bits per heavy atom. The van der Waals surface area contributed by atoms with Crippen LogP contribution in [-0.2, 0) is 4.74 Å². The maximum atomic E-state index is 11.8. The van der Waals surface area contributed by atoms with Gasteiger partial charge in [-0.2, -0.15) is 0 Å². The maximum absolute atomic E-state index is 11.8. The second kappa shape index (κ2) is 6.63. The highest BCUT2D eigenvalue weighted by Crippen LogP contribution is 2.30. The molecule has 0 fully saturated rings. The van der Waals surface area contributed by atoms with E-state index in [-0.39, 0.29) is 22.5 Å². The van der Waals surface area contributed by atoms with E-state index in [0.717, 1.165) is 22.3 Å². The molecule has 6 heteroatoms. The van der Waals surface area contributed by atoms with Crippen LogP contribution in [0.2, 0.25) is 10.3 Å². The van der Waals surface area contributed by atoms with Crippen molar-refractivity contribution in [1.29, 1.82) is 0 Å². The van der Waals surface area contributed by atoms with Gasteiger partial charge in [0.2, 0.25) is 0 Å². The van der Waals surface area contributed by atoms with Crippen molar-refractivity contribution in [3.05, 3.63) is 44.7 Å². The Labute approximate surface area is 139 Å². The van der Waals surface area contributed by atoms with Crippen LogP contribution in [0.15, 0.2) is 12.1 Å². The molecule has 0 bridgehead atoms. The van der Waals surface area contributed by atoms with Gasteiger partial charge >= 0.3 is 5.97 Å². The lowest BCUT2D eigenvalue weighted by Gasteiger charge is -2.12. The first-order valence-electron chi connectivity index (χ1n) is 6.83. The monoisotopic (exact) mass is 338 g/mol. The molecule has 0 atom stereocenters. The summed E-state index contributed by atoms with van der Waals surface area (Å²) >= 11 is 12.2. The van der Waals surface area contributed by atoms with Gasteiger partial charge in [-0.05, 0) is 38.8 Å². The van der Waals surface area contributed by atoms with Crippen LogP contribution in [0.25, 0.3) is 11.4 Å². The predicted octanol–water partition coefficient (Wildman–Crippen LogP) is 4.55. The van der Waals surface area contributed by atoms with E-state index in [9.17, 15) is 4.79 Å². The van der Waals surface area contributed by atoms with E-state index in [4.69, 9.17) is 27.9 Å². The van der Waals surface area contributed by atoms with E-state index in [1.165, 1.54) is 0 Å². The number of hydrogen-bond donors (Lipinski definition) is 0. The van der Waals surface area contributed by atoms with Gasteiger partial charge in [0.15, 0.2) is 5.82 Å². The van der Waals surface area contributed by atoms with Gasteiger partial charge in [0, 0.05) is 5.56 Å². The molecule has 0 aliphatic rings. The number of rotatable bonds is 3.